The number of hydrogen-bond acceptors (Lipinski definition) is 7. The van der Waals surface area contributed by atoms with E-state index in [0.717, 1.165) is 16.7 Å². The number of carboxylic acids is 1. The second-order valence-electron chi connectivity index (χ2n) is 8.36. The van der Waals surface area contributed by atoms with E-state index in [-0.39, 0.29) is 30.6 Å². The number of carboxylic acid groups (broad SMARTS) is 1. The predicted molar refractivity (Wildman–Crippen MR) is 144 cm³/mol. The number of benzene rings is 2. The lowest BCUT2D eigenvalue weighted by atomic mass is 9.99. The lowest BCUT2D eigenvalue weighted by Crippen LogP contribution is -2.12. The summed E-state index contributed by atoms with van der Waals surface area (Å²) in [6.45, 7) is 4.35. The average Bonchev–Trinajstić information content (AvgIpc) is 3.59. The van der Waals surface area contributed by atoms with Crippen LogP contribution >= 0.6 is 11.3 Å². The molecule has 2 aromatic heterocycles. The van der Waals surface area contributed by atoms with Crippen LogP contribution < -0.4 is 9.47 Å². The maximum Gasteiger partial charge on any atom is 0.356 e. The van der Waals surface area contributed by atoms with Gasteiger partial charge in [-0.25, -0.2) is 4.79 Å². The largest absolute Gasteiger partial charge is 0.489 e. The molecule has 0 spiro atoms. The van der Waals surface area contributed by atoms with Gasteiger partial charge >= 0.3 is 11.9 Å². The first-order valence-corrected chi connectivity index (χ1v) is 12.8. The molecule has 0 unspecified atom stereocenters. The van der Waals surface area contributed by atoms with Crippen molar-refractivity contribution in [1.29, 1.82) is 0 Å². The Morgan fingerprint density at radius 3 is 2.66 bits per heavy atom. The van der Waals surface area contributed by atoms with Crippen molar-refractivity contribution in [3.8, 4) is 22.8 Å². The summed E-state index contributed by atoms with van der Waals surface area (Å²) in [5.41, 5.74) is 4.29. The Kier molecular flexibility index (Phi) is 10.0. The van der Waals surface area contributed by atoms with E-state index >= 15 is 0 Å². The molecule has 0 bridgehead atoms. The maximum absolute atomic E-state index is 12.2. The predicted octanol–water partition coefficient (Wildman–Crippen LogP) is 5.36. The van der Waals surface area contributed by atoms with E-state index in [1.807, 2.05) is 60.1 Å². The number of hydrogen-bond donors (Lipinski definition) is 2. The Hall–Kier alpha value is -4.15. The fraction of sp³-hybridized carbons (Fsp3) is 0.250. The highest BCUT2D eigenvalue weighted by Gasteiger charge is 2.22. The van der Waals surface area contributed by atoms with Crippen molar-refractivity contribution < 1.29 is 34.4 Å². The van der Waals surface area contributed by atoms with E-state index in [1.165, 1.54) is 0 Å². The Morgan fingerprint density at radius 2 is 1.95 bits per heavy atom. The molecule has 200 valence electrons. The molecule has 4 N–H and O–H groups in total. The van der Waals surface area contributed by atoms with Crippen molar-refractivity contribution in [3.63, 3.8) is 0 Å². The van der Waals surface area contributed by atoms with Crippen molar-refractivity contribution in [3.05, 3.63) is 87.7 Å². The first kappa shape index (κ1) is 28.4. The van der Waals surface area contributed by atoms with E-state index in [1.54, 1.807) is 30.4 Å². The third-order valence-electron chi connectivity index (χ3n) is 5.71. The van der Waals surface area contributed by atoms with E-state index in [2.05, 4.69) is 10.2 Å². The van der Waals surface area contributed by atoms with Crippen LogP contribution in [0, 0.1) is 6.92 Å². The zero-order chi connectivity index (χ0) is 26.2. The molecule has 0 fully saturated rings. The van der Waals surface area contributed by atoms with Gasteiger partial charge in [-0.05, 0) is 72.0 Å². The molecular weight excluding hydrogens is 508 g/mol. The number of nitrogens with one attached hydrogen (secondary N) is 1. The lowest BCUT2D eigenvalue weighted by Gasteiger charge is -2.23. The second kappa shape index (κ2) is 13.4. The summed E-state index contributed by atoms with van der Waals surface area (Å²) in [6.07, 6.45) is -0.307. The first-order valence-electron chi connectivity index (χ1n) is 11.9. The quantitative estimate of drug-likeness (QED) is 0.231. The minimum atomic E-state index is -0.901. The SMILES string of the molecule is CCOC(=O)c1cc(-c2ccc(OCc3ccsc3)cc2O[C@@H](CCC(=O)O)c2ccccc2C)n[nH]1.O. The highest BCUT2D eigenvalue weighted by atomic mass is 32.1. The molecule has 0 saturated heterocycles. The molecule has 0 aliphatic rings. The van der Waals surface area contributed by atoms with Crippen molar-refractivity contribution in [2.24, 2.45) is 0 Å². The number of carbonyl (C=O) groups excluding carboxylic acids is 1. The number of ether oxygens (including phenoxy) is 3. The van der Waals surface area contributed by atoms with Gasteiger partial charge in [0.15, 0.2) is 0 Å². The van der Waals surface area contributed by atoms with Gasteiger partial charge in [0.1, 0.15) is 29.9 Å². The van der Waals surface area contributed by atoms with Gasteiger partial charge in [-0.15, -0.1) is 0 Å². The molecule has 4 aromatic rings. The number of aromatic nitrogens is 2. The summed E-state index contributed by atoms with van der Waals surface area (Å²) in [4.78, 5) is 23.6. The zero-order valence-electron chi connectivity index (χ0n) is 21.1. The number of H-pyrrole nitrogens is 1. The smallest absolute Gasteiger partial charge is 0.356 e. The number of aryl methyl sites for hydroxylation is 1. The van der Waals surface area contributed by atoms with Crippen LogP contribution in [0.25, 0.3) is 11.3 Å². The van der Waals surface area contributed by atoms with Crippen LogP contribution in [-0.4, -0.2) is 39.3 Å². The van der Waals surface area contributed by atoms with E-state index in [0.29, 0.717) is 29.4 Å². The summed E-state index contributed by atoms with van der Waals surface area (Å²) in [6, 6.07) is 16.7. The fourth-order valence-corrected chi connectivity index (χ4v) is 4.50. The van der Waals surface area contributed by atoms with Crippen LogP contribution in [0.15, 0.2) is 65.4 Å². The average molecular weight is 539 g/mol. The first-order chi connectivity index (χ1) is 17.9. The van der Waals surface area contributed by atoms with E-state index in [4.69, 9.17) is 14.2 Å². The standard InChI is InChI=1S/C28H28N2O6S.H2O/c1-3-34-28(33)24-15-23(29-30-24)22-9-8-20(35-16-19-12-13-37-17-19)14-26(22)36-25(10-11-27(31)32)21-7-5-4-6-18(21)2;/h4-9,12-15,17,25H,3,10-11,16H2,1-2H3,(H,29,30)(H,31,32);1H2/t25-;/m0./s1. The third-order valence-corrected chi connectivity index (χ3v) is 6.44. The molecule has 4 rings (SSSR count). The number of thiophene rings is 1. The lowest BCUT2D eigenvalue weighted by molar-refractivity contribution is -0.137. The van der Waals surface area contributed by atoms with Crippen LogP contribution in [0.1, 0.15) is 53.0 Å². The molecule has 0 aliphatic carbocycles. The molecule has 0 aliphatic heterocycles. The number of aliphatic carboxylic acids is 1. The Labute approximate surface area is 224 Å². The molecule has 0 radical (unpaired) electrons. The van der Waals surface area contributed by atoms with Crippen LogP contribution in [0.2, 0.25) is 0 Å². The van der Waals surface area contributed by atoms with Crippen LogP contribution in [0.3, 0.4) is 0 Å². The molecular formula is C28H30N2O7S. The molecule has 9 nitrogen and oxygen atoms in total. The number of rotatable bonds is 12. The van der Waals surface area contributed by atoms with Gasteiger partial charge in [-0.2, -0.15) is 16.4 Å². The number of aromatic amines is 1. The minimum absolute atomic E-state index is 0. The monoisotopic (exact) mass is 538 g/mol. The Bertz CT molecular complexity index is 1350. The summed E-state index contributed by atoms with van der Waals surface area (Å²) >= 11 is 1.60. The summed E-state index contributed by atoms with van der Waals surface area (Å²) in [5, 5.41) is 20.4. The molecule has 0 amide bonds. The maximum atomic E-state index is 12.2. The molecule has 2 heterocycles. The van der Waals surface area contributed by atoms with Gasteiger partial charge in [0, 0.05) is 18.1 Å². The summed E-state index contributed by atoms with van der Waals surface area (Å²) in [7, 11) is 0. The van der Waals surface area contributed by atoms with Gasteiger partial charge in [0.25, 0.3) is 0 Å². The number of nitrogens with zero attached hydrogens (tertiary/aromatic N) is 1. The zero-order valence-corrected chi connectivity index (χ0v) is 21.9. The highest BCUT2D eigenvalue weighted by molar-refractivity contribution is 7.07. The van der Waals surface area contributed by atoms with Gasteiger partial charge in [0.2, 0.25) is 0 Å². The Morgan fingerprint density at radius 1 is 1.13 bits per heavy atom. The molecule has 10 heteroatoms. The Balaban J connectivity index is 0.00000400. The summed E-state index contributed by atoms with van der Waals surface area (Å²) < 4.78 is 17.6. The van der Waals surface area contributed by atoms with Crippen LogP contribution in [-0.2, 0) is 16.1 Å². The van der Waals surface area contributed by atoms with Crippen LogP contribution in [0.4, 0.5) is 0 Å². The van der Waals surface area contributed by atoms with E-state index < -0.39 is 18.0 Å². The summed E-state index contributed by atoms with van der Waals surface area (Å²) in [5.74, 6) is -0.350. The fourth-order valence-electron chi connectivity index (χ4n) is 3.85. The number of carbonyl (C=O) groups is 2. The molecule has 1 atom stereocenters. The molecule has 2 aromatic carbocycles. The minimum Gasteiger partial charge on any atom is -0.489 e. The van der Waals surface area contributed by atoms with Crippen molar-refractivity contribution in [1.82, 2.24) is 10.2 Å². The van der Waals surface area contributed by atoms with Crippen molar-refractivity contribution in [2.75, 3.05) is 6.61 Å². The van der Waals surface area contributed by atoms with Gasteiger partial charge in [-0.3, -0.25) is 9.89 Å². The number of esters is 1. The molecule has 0 saturated carbocycles. The normalized spacial score (nSPS) is 11.3. The third kappa shape index (κ3) is 7.21. The van der Waals surface area contributed by atoms with Gasteiger partial charge in [0.05, 0.1) is 12.3 Å². The van der Waals surface area contributed by atoms with Crippen LogP contribution in [0.5, 0.6) is 11.5 Å². The molecule has 38 heavy (non-hydrogen) atoms. The van der Waals surface area contributed by atoms with E-state index in [9.17, 15) is 14.7 Å². The topological polar surface area (TPSA) is 142 Å². The highest BCUT2D eigenvalue weighted by Crippen LogP contribution is 2.37. The van der Waals surface area contributed by atoms with Gasteiger partial charge in [-0.1, -0.05) is 24.3 Å². The van der Waals surface area contributed by atoms with Crippen molar-refractivity contribution >= 4 is 23.3 Å². The van der Waals surface area contributed by atoms with Crippen molar-refractivity contribution in [2.45, 2.75) is 39.4 Å². The van der Waals surface area contributed by atoms with Gasteiger partial charge < -0.3 is 24.8 Å². The second-order valence-corrected chi connectivity index (χ2v) is 9.14.